The fraction of sp³-hybridized carbons (Fsp3) is 0.500. The Labute approximate surface area is 187 Å². The first-order chi connectivity index (χ1) is 13.1. The Bertz CT molecular complexity index is 731. The van der Waals surface area contributed by atoms with Gasteiger partial charge in [-0.25, -0.2) is 9.98 Å². The lowest BCUT2D eigenvalue weighted by Crippen LogP contribution is -2.44. The summed E-state index contributed by atoms with van der Waals surface area (Å²) in [5, 5.41) is 21.0. The Morgan fingerprint density at radius 3 is 2.79 bits per heavy atom. The van der Waals surface area contributed by atoms with E-state index in [-0.39, 0.29) is 24.0 Å². The van der Waals surface area contributed by atoms with Crippen molar-refractivity contribution >= 4 is 41.3 Å². The van der Waals surface area contributed by atoms with Gasteiger partial charge in [-0.2, -0.15) is 11.3 Å². The molecule has 0 saturated heterocycles. The molecule has 8 heteroatoms. The van der Waals surface area contributed by atoms with E-state index in [9.17, 15) is 5.11 Å². The van der Waals surface area contributed by atoms with E-state index in [1.54, 1.807) is 24.5 Å². The van der Waals surface area contributed by atoms with E-state index >= 15 is 0 Å². The van der Waals surface area contributed by atoms with Gasteiger partial charge in [-0.3, -0.25) is 0 Å². The number of pyridine rings is 1. The average Bonchev–Trinajstić information content (AvgIpc) is 3.32. The Kier molecular flexibility index (Phi) is 8.97. The number of thiophene rings is 1. The van der Waals surface area contributed by atoms with Crippen molar-refractivity contribution < 1.29 is 9.84 Å². The molecule has 2 aromatic rings. The van der Waals surface area contributed by atoms with Crippen molar-refractivity contribution in [2.24, 2.45) is 10.9 Å². The molecular weight excluding hydrogens is 487 g/mol. The number of nitrogens with one attached hydrogen (secondary N) is 2. The molecule has 1 aliphatic carbocycles. The number of aliphatic hydroxyl groups is 1. The molecule has 28 heavy (non-hydrogen) atoms. The number of rotatable bonds is 9. The monoisotopic (exact) mass is 516 g/mol. The third-order valence-corrected chi connectivity index (χ3v) is 5.15. The second kappa shape index (κ2) is 11.0. The number of ether oxygens (including phenoxy) is 1. The lowest BCUT2D eigenvalue weighted by molar-refractivity contribution is 0.0621. The van der Waals surface area contributed by atoms with Crippen LogP contribution in [0.5, 0.6) is 5.88 Å². The maximum absolute atomic E-state index is 10.6. The highest BCUT2D eigenvalue weighted by Gasteiger charge is 2.24. The zero-order chi connectivity index (χ0) is 19.1. The number of halogens is 1. The number of hydrogen-bond donors (Lipinski definition) is 3. The third-order valence-electron chi connectivity index (χ3n) is 4.47. The van der Waals surface area contributed by atoms with Crippen molar-refractivity contribution in [3.8, 4) is 5.88 Å². The molecule has 1 saturated carbocycles. The smallest absolute Gasteiger partial charge is 0.213 e. The first-order valence-corrected chi connectivity index (χ1v) is 10.4. The van der Waals surface area contributed by atoms with E-state index in [0.717, 1.165) is 30.2 Å². The standard InChI is InChI=1S/C20H28N4O2S.HI/c1-3-21-19(24-14-20(2,25)17-8-9-27-13-17)23-11-16-6-7-18(22-10-16)26-12-15-4-5-15;/h6-10,13,15,25H,3-5,11-12,14H2,1-2H3,(H2,21,23,24);1H. The van der Waals surface area contributed by atoms with Crippen LogP contribution in [0.4, 0.5) is 0 Å². The van der Waals surface area contributed by atoms with Gasteiger partial charge in [-0.05, 0) is 60.6 Å². The summed E-state index contributed by atoms with van der Waals surface area (Å²) in [5.41, 5.74) is 0.968. The summed E-state index contributed by atoms with van der Waals surface area (Å²) in [4.78, 5) is 8.94. The van der Waals surface area contributed by atoms with Gasteiger partial charge in [-0.15, -0.1) is 24.0 Å². The fourth-order valence-corrected chi connectivity index (χ4v) is 3.30. The molecule has 1 atom stereocenters. The molecule has 0 bridgehead atoms. The predicted molar refractivity (Wildman–Crippen MR) is 125 cm³/mol. The minimum atomic E-state index is -0.946. The highest BCUT2D eigenvalue weighted by Crippen LogP contribution is 2.29. The first-order valence-electron chi connectivity index (χ1n) is 9.42. The molecule has 1 fully saturated rings. The van der Waals surface area contributed by atoms with Crippen molar-refractivity contribution in [3.63, 3.8) is 0 Å². The summed E-state index contributed by atoms with van der Waals surface area (Å²) in [6.45, 7) is 6.22. The number of guanidine groups is 1. The summed E-state index contributed by atoms with van der Waals surface area (Å²) < 4.78 is 5.66. The highest BCUT2D eigenvalue weighted by atomic mass is 127. The molecular formula is C20H29IN4O2S. The van der Waals surface area contributed by atoms with Gasteiger partial charge in [0.1, 0.15) is 5.60 Å². The van der Waals surface area contributed by atoms with Crippen LogP contribution in [0.15, 0.2) is 40.1 Å². The normalized spacial score (nSPS) is 16.0. The molecule has 2 heterocycles. The summed E-state index contributed by atoms with van der Waals surface area (Å²) in [6, 6.07) is 5.83. The molecule has 3 rings (SSSR count). The molecule has 0 spiro atoms. The minimum absolute atomic E-state index is 0. The van der Waals surface area contributed by atoms with E-state index < -0.39 is 5.60 Å². The molecule has 0 aliphatic heterocycles. The second-order valence-corrected chi connectivity index (χ2v) is 7.87. The minimum Gasteiger partial charge on any atom is -0.477 e. The fourth-order valence-electron chi connectivity index (χ4n) is 2.52. The summed E-state index contributed by atoms with van der Waals surface area (Å²) in [6.07, 6.45) is 4.34. The summed E-state index contributed by atoms with van der Waals surface area (Å²) in [5.74, 6) is 2.06. The van der Waals surface area contributed by atoms with Gasteiger partial charge in [0, 0.05) is 18.8 Å². The number of hydrogen-bond acceptors (Lipinski definition) is 5. The van der Waals surface area contributed by atoms with Gasteiger partial charge >= 0.3 is 0 Å². The second-order valence-electron chi connectivity index (χ2n) is 7.09. The van der Waals surface area contributed by atoms with Gasteiger partial charge in [0.25, 0.3) is 0 Å². The summed E-state index contributed by atoms with van der Waals surface area (Å²) >= 11 is 1.58. The number of aromatic nitrogens is 1. The van der Waals surface area contributed by atoms with Crippen LogP contribution >= 0.6 is 35.3 Å². The molecule has 6 nitrogen and oxygen atoms in total. The van der Waals surface area contributed by atoms with E-state index in [1.807, 2.05) is 35.9 Å². The zero-order valence-corrected chi connectivity index (χ0v) is 19.5. The van der Waals surface area contributed by atoms with Crippen molar-refractivity contribution in [1.82, 2.24) is 15.6 Å². The van der Waals surface area contributed by atoms with Crippen molar-refractivity contribution in [3.05, 3.63) is 46.3 Å². The van der Waals surface area contributed by atoms with Crippen LogP contribution in [0, 0.1) is 5.92 Å². The van der Waals surface area contributed by atoms with Crippen LogP contribution in [-0.4, -0.2) is 35.7 Å². The maximum Gasteiger partial charge on any atom is 0.213 e. The van der Waals surface area contributed by atoms with Crippen molar-refractivity contribution in [1.29, 1.82) is 0 Å². The zero-order valence-electron chi connectivity index (χ0n) is 16.4. The van der Waals surface area contributed by atoms with E-state index in [4.69, 9.17) is 4.74 Å². The molecule has 1 unspecified atom stereocenters. The largest absolute Gasteiger partial charge is 0.477 e. The van der Waals surface area contributed by atoms with Crippen molar-refractivity contribution in [2.75, 3.05) is 19.7 Å². The molecule has 0 radical (unpaired) electrons. The molecule has 0 amide bonds. The van der Waals surface area contributed by atoms with Gasteiger partial charge in [0.15, 0.2) is 5.96 Å². The Morgan fingerprint density at radius 1 is 1.36 bits per heavy atom. The van der Waals surface area contributed by atoms with Crippen LogP contribution in [0.25, 0.3) is 0 Å². The predicted octanol–water partition coefficient (Wildman–Crippen LogP) is 3.51. The Hall–Kier alpha value is -1.39. The van der Waals surface area contributed by atoms with E-state index in [2.05, 4.69) is 20.6 Å². The van der Waals surface area contributed by atoms with E-state index in [1.165, 1.54) is 12.8 Å². The average molecular weight is 516 g/mol. The topological polar surface area (TPSA) is 78.8 Å². The quantitative estimate of drug-likeness (QED) is 0.270. The molecule has 154 valence electrons. The molecule has 0 aromatic carbocycles. The third kappa shape index (κ3) is 7.21. The van der Waals surface area contributed by atoms with Crippen LogP contribution < -0.4 is 15.4 Å². The van der Waals surface area contributed by atoms with Gasteiger partial charge < -0.3 is 20.5 Å². The Balaban J connectivity index is 0.00000280. The number of aliphatic imine (C=N–C) groups is 1. The summed E-state index contributed by atoms with van der Waals surface area (Å²) in [7, 11) is 0. The molecule has 3 N–H and O–H groups in total. The number of nitrogens with zero attached hydrogens (tertiary/aromatic N) is 2. The molecule has 1 aliphatic rings. The van der Waals surface area contributed by atoms with Crippen LogP contribution in [-0.2, 0) is 12.1 Å². The maximum atomic E-state index is 10.6. The van der Waals surface area contributed by atoms with Gasteiger partial charge in [0.05, 0.1) is 19.7 Å². The SMILES string of the molecule is CCNC(=NCc1ccc(OCC2CC2)nc1)NCC(C)(O)c1ccsc1.I. The van der Waals surface area contributed by atoms with Crippen LogP contribution in [0.1, 0.15) is 37.8 Å². The van der Waals surface area contributed by atoms with Gasteiger partial charge in [0.2, 0.25) is 5.88 Å². The lowest BCUT2D eigenvalue weighted by Gasteiger charge is -2.24. The Morgan fingerprint density at radius 2 is 2.18 bits per heavy atom. The lowest BCUT2D eigenvalue weighted by atomic mass is 9.99. The first kappa shape index (κ1) is 22.9. The van der Waals surface area contributed by atoms with Crippen LogP contribution in [0.3, 0.4) is 0 Å². The highest BCUT2D eigenvalue weighted by molar-refractivity contribution is 14.0. The van der Waals surface area contributed by atoms with Crippen molar-refractivity contribution in [2.45, 2.75) is 38.8 Å². The molecule has 2 aromatic heterocycles. The van der Waals surface area contributed by atoms with E-state index in [0.29, 0.717) is 24.9 Å². The van der Waals surface area contributed by atoms with Crippen LogP contribution in [0.2, 0.25) is 0 Å². The van der Waals surface area contributed by atoms with Gasteiger partial charge in [-0.1, -0.05) is 6.07 Å².